The van der Waals surface area contributed by atoms with Crippen LogP contribution in [-0.4, -0.2) is 6.54 Å². The van der Waals surface area contributed by atoms with Crippen molar-refractivity contribution in [2.75, 3.05) is 17.6 Å². The Morgan fingerprint density at radius 2 is 2.07 bits per heavy atom. The highest BCUT2D eigenvalue weighted by Crippen LogP contribution is 2.20. The van der Waals surface area contributed by atoms with Gasteiger partial charge in [-0.2, -0.15) is 0 Å². The fourth-order valence-corrected chi connectivity index (χ4v) is 1.58. The minimum Gasteiger partial charge on any atom is -0.398 e. The first kappa shape index (κ1) is 11.9. The van der Waals surface area contributed by atoms with E-state index >= 15 is 0 Å². The van der Waals surface area contributed by atoms with Crippen molar-refractivity contribution in [3.63, 3.8) is 0 Å². The lowest BCUT2D eigenvalue weighted by molar-refractivity contribution is 0.567. The third kappa shape index (κ3) is 3.82. The summed E-state index contributed by atoms with van der Waals surface area (Å²) in [5.41, 5.74) is 9.02. The molecule has 0 radical (unpaired) electrons. The van der Waals surface area contributed by atoms with Crippen LogP contribution in [0.4, 0.5) is 11.4 Å². The molecule has 0 aliphatic rings. The number of hydrogen-bond acceptors (Lipinski definition) is 2. The number of nitrogens with one attached hydrogen (secondary N) is 1. The number of rotatable bonds is 5. The van der Waals surface area contributed by atoms with E-state index in [2.05, 4.69) is 32.2 Å². The highest BCUT2D eigenvalue weighted by Gasteiger charge is 2.00. The fourth-order valence-electron chi connectivity index (χ4n) is 1.58. The average Bonchev–Trinajstić information content (AvgIpc) is 2.18. The van der Waals surface area contributed by atoms with Crippen molar-refractivity contribution < 1.29 is 0 Å². The van der Waals surface area contributed by atoms with Crippen LogP contribution < -0.4 is 11.1 Å². The van der Waals surface area contributed by atoms with Crippen molar-refractivity contribution in [1.29, 1.82) is 0 Å². The number of anilines is 2. The summed E-state index contributed by atoms with van der Waals surface area (Å²) in [6.45, 7) is 7.60. The van der Waals surface area contributed by atoms with Gasteiger partial charge in [0.05, 0.1) is 0 Å². The van der Waals surface area contributed by atoms with Crippen LogP contribution in [0.25, 0.3) is 0 Å². The largest absolute Gasteiger partial charge is 0.398 e. The molecule has 0 fully saturated rings. The molecule has 0 aliphatic carbocycles. The molecule has 0 atom stereocenters. The minimum absolute atomic E-state index is 0.786. The second kappa shape index (κ2) is 5.64. The maximum absolute atomic E-state index is 5.83. The Hall–Kier alpha value is -1.18. The van der Waals surface area contributed by atoms with Crippen LogP contribution in [0.1, 0.15) is 32.3 Å². The minimum atomic E-state index is 0.786. The third-order valence-corrected chi connectivity index (χ3v) is 2.65. The molecule has 2 nitrogen and oxygen atoms in total. The molecular weight excluding hydrogens is 184 g/mol. The van der Waals surface area contributed by atoms with Gasteiger partial charge in [-0.1, -0.05) is 19.9 Å². The lowest BCUT2D eigenvalue weighted by atomic mass is 10.1. The molecule has 1 aromatic carbocycles. The van der Waals surface area contributed by atoms with E-state index in [-0.39, 0.29) is 0 Å². The molecule has 1 rings (SSSR count). The summed E-state index contributed by atoms with van der Waals surface area (Å²) in [6.07, 6.45) is 2.49. The summed E-state index contributed by atoms with van der Waals surface area (Å²) < 4.78 is 0. The molecule has 0 spiro atoms. The average molecular weight is 206 g/mol. The fraction of sp³-hybridized carbons (Fsp3) is 0.538. The molecule has 1 aromatic rings. The monoisotopic (exact) mass is 206 g/mol. The second-order valence-corrected chi connectivity index (χ2v) is 4.48. The van der Waals surface area contributed by atoms with Gasteiger partial charge in [-0.3, -0.25) is 0 Å². The molecule has 15 heavy (non-hydrogen) atoms. The van der Waals surface area contributed by atoms with E-state index < -0.39 is 0 Å². The quantitative estimate of drug-likeness (QED) is 0.572. The van der Waals surface area contributed by atoms with Gasteiger partial charge in [-0.15, -0.1) is 0 Å². The van der Waals surface area contributed by atoms with Crippen LogP contribution in [0.5, 0.6) is 0 Å². The van der Waals surface area contributed by atoms with Crippen LogP contribution in [0.15, 0.2) is 18.2 Å². The normalized spacial score (nSPS) is 10.7. The molecule has 3 N–H and O–H groups in total. The van der Waals surface area contributed by atoms with Gasteiger partial charge in [0.1, 0.15) is 0 Å². The maximum atomic E-state index is 5.83. The SMILES string of the molecule is Cc1c(N)cccc1NCCCC(C)C. The van der Waals surface area contributed by atoms with E-state index in [1.54, 1.807) is 0 Å². The Morgan fingerprint density at radius 1 is 1.33 bits per heavy atom. The lowest BCUT2D eigenvalue weighted by Gasteiger charge is -2.11. The van der Waals surface area contributed by atoms with Gasteiger partial charge in [0.25, 0.3) is 0 Å². The zero-order chi connectivity index (χ0) is 11.3. The van der Waals surface area contributed by atoms with E-state index in [1.807, 2.05) is 12.1 Å². The number of nitrogens with two attached hydrogens (primary N) is 1. The molecule has 0 saturated carbocycles. The Bertz CT molecular complexity index is 305. The van der Waals surface area contributed by atoms with Gasteiger partial charge < -0.3 is 11.1 Å². The molecular formula is C13H22N2. The number of nitrogen functional groups attached to an aromatic ring is 1. The van der Waals surface area contributed by atoms with Crippen molar-refractivity contribution in [3.05, 3.63) is 23.8 Å². The predicted octanol–water partition coefficient (Wildman–Crippen LogP) is 3.43. The first-order valence-electron chi connectivity index (χ1n) is 5.70. The van der Waals surface area contributed by atoms with E-state index in [1.165, 1.54) is 18.5 Å². The Morgan fingerprint density at radius 3 is 2.73 bits per heavy atom. The molecule has 0 saturated heterocycles. The Balaban J connectivity index is 2.41. The van der Waals surface area contributed by atoms with E-state index in [0.29, 0.717) is 0 Å². The molecule has 0 heterocycles. The van der Waals surface area contributed by atoms with Crippen LogP contribution in [0.3, 0.4) is 0 Å². The third-order valence-electron chi connectivity index (χ3n) is 2.65. The topological polar surface area (TPSA) is 38.0 Å². The molecule has 0 unspecified atom stereocenters. The standard InChI is InChI=1S/C13H22N2/c1-10(2)6-5-9-15-13-8-4-7-12(14)11(13)3/h4,7-8,10,15H,5-6,9,14H2,1-3H3. The van der Waals surface area contributed by atoms with E-state index in [4.69, 9.17) is 5.73 Å². The van der Waals surface area contributed by atoms with Crippen LogP contribution in [0.2, 0.25) is 0 Å². The molecule has 0 aromatic heterocycles. The summed E-state index contributed by atoms with van der Waals surface area (Å²) in [5, 5.41) is 3.43. The van der Waals surface area contributed by atoms with Crippen molar-refractivity contribution in [2.24, 2.45) is 5.92 Å². The summed E-state index contributed by atoms with van der Waals surface area (Å²) in [7, 11) is 0. The molecule has 0 amide bonds. The maximum Gasteiger partial charge on any atom is 0.0390 e. The molecule has 2 heteroatoms. The highest BCUT2D eigenvalue weighted by molar-refractivity contribution is 5.62. The number of hydrogen-bond donors (Lipinski definition) is 2. The smallest absolute Gasteiger partial charge is 0.0390 e. The Kier molecular flexibility index (Phi) is 4.47. The number of benzene rings is 1. The summed E-state index contributed by atoms with van der Waals surface area (Å²) in [4.78, 5) is 0. The molecule has 0 bridgehead atoms. The van der Waals surface area contributed by atoms with Crippen molar-refractivity contribution in [1.82, 2.24) is 0 Å². The summed E-state index contributed by atoms with van der Waals surface area (Å²) in [5.74, 6) is 0.786. The lowest BCUT2D eigenvalue weighted by Crippen LogP contribution is -2.05. The first-order chi connectivity index (χ1) is 7.11. The van der Waals surface area contributed by atoms with Gasteiger partial charge >= 0.3 is 0 Å². The highest BCUT2D eigenvalue weighted by atomic mass is 14.9. The van der Waals surface area contributed by atoms with Crippen LogP contribution in [0, 0.1) is 12.8 Å². The summed E-state index contributed by atoms with van der Waals surface area (Å²) in [6, 6.07) is 6.02. The molecule has 84 valence electrons. The first-order valence-corrected chi connectivity index (χ1v) is 5.70. The summed E-state index contributed by atoms with van der Waals surface area (Å²) >= 11 is 0. The van der Waals surface area contributed by atoms with E-state index in [9.17, 15) is 0 Å². The van der Waals surface area contributed by atoms with Gasteiger partial charge in [-0.05, 0) is 43.4 Å². The van der Waals surface area contributed by atoms with Gasteiger partial charge in [0.15, 0.2) is 0 Å². The molecule has 0 aliphatic heterocycles. The van der Waals surface area contributed by atoms with Crippen molar-refractivity contribution in [2.45, 2.75) is 33.6 Å². The van der Waals surface area contributed by atoms with Crippen LogP contribution in [-0.2, 0) is 0 Å². The Labute approximate surface area is 92.9 Å². The second-order valence-electron chi connectivity index (χ2n) is 4.48. The van der Waals surface area contributed by atoms with Gasteiger partial charge in [-0.25, -0.2) is 0 Å². The van der Waals surface area contributed by atoms with Crippen molar-refractivity contribution in [3.8, 4) is 0 Å². The zero-order valence-electron chi connectivity index (χ0n) is 10.0. The van der Waals surface area contributed by atoms with Crippen LogP contribution >= 0.6 is 0 Å². The van der Waals surface area contributed by atoms with E-state index in [0.717, 1.165) is 23.7 Å². The van der Waals surface area contributed by atoms with Crippen molar-refractivity contribution >= 4 is 11.4 Å². The van der Waals surface area contributed by atoms with Gasteiger partial charge in [0.2, 0.25) is 0 Å². The predicted molar refractivity (Wildman–Crippen MR) is 68.2 cm³/mol. The van der Waals surface area contributed by atoms with Gasteiger partial charge in [0, 0.05) is 17.9 Å². The zero-order valence-corrected chi connectivity index (χ0v) is 10.0.